The van der Waals surface area contributed by atoms with Gasteiger partial charge < -0.3 is 11.1 Å². The largest absolute Gasteiger partial charge is 0.368 e. The Morgan fingerprint density at radius 2 is 1.73 bits per heavy atom. The third-order valence-electron chi connectivity index (χ3n) is 2.97. The van der Waals surface area contributed by atoms with E-state index in [0.29, 0.717) is 0 Å². The standard InChI is InChI=1S/C14H11Cl2N3O3/c15-8-4-3-5-9(16)12(8)13(14(17)20)18-10-6-1-2-7-11(10)19(21)22/h1-7,13,18H,(H2,17,20)/t13-/m0/s1. The molecule has 0 heterocycles. The van der Waals surface area contributed by atoms with Crippen LogP contribution >= 0.6 is 23.2 Å². The molecule has 0 spiro atoms. The number of hydrogen-bond acceptors (Lipinski definition) is 4. The molecule has 0 saturated heterocycles. The fourth-order valence-electron chi connectivity index (χ4n) is 1.98. The van der Waals surface area contributed by atoms with Gasteiger partial charge in [-0.1, -0.05) is 41.4 Å². The summed E-state index contributed by atoms with van der Waals surface area (Å²) < 4.78 is 0. The minimum absolute atomic E-state index is 0.146. The molecule has 22 heavy (non-hydrogen) atoms. The lowest BCUT2D eigenvalue weighted by atomic mass is 10.1. The van der Waals surface area contributed by atoms with Crippen LogP contribution in [0.3, 0.4) is 0 Å². The number of rotatable bonds is 5. The third kappa shape index (κ3) is 3.29. The maximum absolute atomic E-state index is 11.8. The van der Waals surface area contributed by atoms with Gasteiger partial charge >= 0.3 is 0 Å². The van der Waals surface area contributed by atoms with Gasteiger partial charge in [0.2, 0.25) is 5.91 Å². The van der Waals surface area contributed by atoms with Crippen molar-refractivity contribution in [3.63, 3.8) is 0 Å². The van der Waals surface area contributed by atoms with Gasteiger partial charge in [-0.25, -0.2) is 0 Å². The van der Waals surface area contributed by atoms with Crippen molar-refractivity contribution in [1.82, 2.24) is 0 Å². The first kappa shape index (κ1) is 16.1. The Morgan fingerprint density at radius 3 is 2.27 bits per heavy atom. The van der Waals surface area contributed by atoms with Crippen molar-refractivity contribution in [1.29, 1.82) is 0 Å². The normalized spacial score (nSPS) is 11.7. The number of para-hydroxylation sites is 2. The molecule has 0 aliphatic rings. The summed E-state index contributed by atoms with van der Waals surface area (Å²) in [6.45, 7) is 0. The van der Waals surface area contributed by atoms with Crippen LogP contribution in [0.4, 0.5) is 11.4 Å². The van der Waals surface area contributed by atoms with Gasteiger partial charge in [-0.3, -0.25) is 14.9 Å². The van der Waals surface area contributed by atoms with E-state index in [1.165, 1.54) is 18.2 Å². The van der Waals surface area contributed by atoms with Crippen molar-refractivity contribution in [2.24, 2.45) is 5.73 Å². The predicted octanol–water partition coefficient (Wildman–Crippen LogP) is 3.54. The Hall–Kier alpha value is -2.31. The SMILES string of the molecule is NC(=O)[C@@H](Nc1ccccc1[N+](=O)[O-])c1c(Cl)cccc1Cl. The molecule has 114 valence electrons. The topological polar surface area (TPSA) is 98.3 Å². The quantitative estimate of drug-likeness (QED) is 0.642. The first-order valence-corrected chi connectivity index (χ1v) is 6.90. The number of nitrogens with one attached hydrogen (secondary N) is 1. The molecule has 2 aromatic carbocycles. The molecule has 2 rings (SSSR count). The molecule has 3 N–H and O–H groups in total. The maximum atomic E-state index is 11.8. The third-order valence-corrected chi connectivity index (χ3v) is 3.63. The van der Waals surface area contributed by atoms with Crippen LogP contribution < -0.4 is 11.1 Å². The van der Waals surface area contributed by atoms with Gasteiger partial charge in [-0.2, -0.15) is 0 Å². The van der Waals surface area contributed by atoms with Crippen LogP contribution in [-0.4, -0.2) is 10.8 Å². The Balaban J connectivity index is 2.48. The molecule has 1 amide bonds. The van der Waals surface area contributed by atoms with Crippen LogP contribution in [0.1, 0.15) is 11.6 Å². The Kier molecular flexibility index (Phi) is 4.85. The molecule has 0 bridgehead atoms. The highest BCUT2D eigenvalue weighted by Crippen LogP contribution is 2.34. The minimum atomic E-state index is -1.10. The van der Waals surface area contributed by atoms with Crippen molar-refractivity contribution in [3.8, 4) is 0 Å². The zero-order valence-electron chi connectivity index (χ0n) is 11.1. The minimum Gasteiger partial charge on any atom is -0.368 e. The zero-order chi connectivity index (χ0) is 16.3. The second-order valence-corrected chi connectivity index (χ2v) is 5.20. The van der Waals surface area contributed by atoms with Gasteiger partial charge in [-0.15, -0.1) is 0 Å². The number of nitro benzene ring substituents is 1. The molecule has 1 atom stereocenters. The number of carbonyl (C=O) groups excluding carboxylic acids is 1. The van der Waals surface area contributed by atoms with E-state index in [9.17, 15) is 14.9 Å². The smallest absolute Gasteiger partial charge is 0.292 e. The van der Waals surface area contributed by atoms with E-state index in [4.69, 9.17) is 28.9 Å². The Morgan fingerprint density at radius 1 is 1.14 bits per heavy atom. The number of nitrogens with two attached hydrogens (primary N) is 1. The van der Waals surface area contributed by atoms with Gasteiger partial charge in [0.25, 0.3) is 5.69 Å². The number of amides is 1. The van der Waals surface area contributed by atoms with Crippen LogP contribution in [0.15, 0.2) is 42.5 Å². The van der Waals surface area contributed by atoms with Crippen molar-refractivity contribution < 1.29 is 9.72 Å². The van der Waals surface area contributed by atoms with E-state index >= 15 is 0 Å². The molecular weight excluding hydrogens is 329 g/mol. The molecule has 8 heteroatoms. The van der Waals surface area contributed by atoms with Crippen LogP contribution in [0, 0.1) is 10.1 Å². The molecular formula is C14H11Cl2N3O3. The van der Waals surface area contributed by atoms with Crippen molar-refractivity contribution in [3.05, 3.63) is 68.2 Å². The van der Waals surface area contributed by atoms with E-state index in [2.05, 4.69) is 5.32 Å². The van der Waals surface area contributed by atoms with Crippen LogP contribution in [-0.2, 0) is 4.79 Å². The average Bonchev–Trinajstić information content (AvgIpc) is 2.46. The molecule has 0 saturated carbocycles. The maximum Gasteiger partial charge on any atom is 0.292 e. The van der Waals surface area contributed by atoms with E-state index in [0.717, 1.165) is 0 Å². The Labute approximate surface area is 136 Å². The second kappa shape index (κ2) is 6.64. The number of carbonyl (C=O) groups is 1. The summed E-state index contributed by atoms with van der Waals surface area (Å²) >= 11 is 12.1. The molecule has 0 aromatic heterocycles. The second-order valence-electron chi connectivity index (χ2n) is 4.39. The van der Waals surface area contributed by atoms with E-state index in [1.54, 1.807) is 24.3 Å². The number of nitrogens with zero attached hydrogens (tertiary/aromatic N) is 1. The number of anilines is 1. The lowest BCUT2D eigenvalue weighted by molar-refractivity contribution is -0.384. The Bertz CT molecular complexity index is 717. The van der Waals surface area contributed by atoms with Gasteiger partial charge in [0.1, 0.15) is 11.7 Å². The molecule has 2 aromatic rings. The van der Waals surface area contributed by atoms with Crippen molar-refractivity contribution in [2.75, 3.05) is 5.32 Å². The van der Waals surface area contributed by atoms with E-state index in [-0.39, 0.29) is 27.0 Å². The molecule has 0 aliphatic heterocycles. The fraction of sp³-hybridized carbons (Fsp3) is 0.0714. The first-order valence-electron chi connectivity index (χ1n) is 6.15. The van der Waals surface area contributed by atoms with Gasteiger partial charge in [0, 0.05) is 21.7 Å². The molecule has 0 fully saturated rings. The molecule has 6 nitrogen and oxygen atoms in total. The lowest BCUT2D eigenvalue weighted by Gasteiger charge is -2.19. The highest BCUT2D eigenvalue weighted by Gasteiger charge is 2.25. The summed E-state index contributed by atoms with van der Waals surface area (Å²) in [5.41, 5.74) is 5.63. The van der Waals surface area contributed by atoms with Crippen molar-refractivity contribution in [2.45, 2.75) is 6.04 Å². The monoisotopic (exact) mass is 339 g/mol. The summed E-state index contributed by atoms with van der Waals surface area (Å²) in [4.78, 5) is 22.2. The van der Waals surface area contributed by atoms with Crippen LogP contribution in [0.5, 0.6) is 0 Å². The number of benzene rings is 2. The highest BCUT2D eigenvalue weighted by atomic mass is 35.5. The number of nitro groups is 1. The zero-order valence-corrected chi connectivity index (χ0v) is 12.6. The van der Waals surface area contributed by atoms with Gasteiger partial charge in [-0.05, 0) is 18.2 Å². The summed E-state index contributed by atoms with van der Waals surface area (Å²) in [6.07, 6.45) is 0. The van der Waals surface area contributed by atoms with Crippen LogP contribution in [0.25, 0.3) is 0 Å². The molecule has 0 aliphatic carbocycles. The fourth-order valence-corrected chi connectivity index (χ4v) is 2.60. The predicted molar refractivity (Wildman–Crippen MR) is 85.1 cm³/mol. The van der Waals surface area contributed by atoms with Crippen LogP contribution in [0.2, 0.25) is 10.0 Å². The van der Waals surface area contributed by atoms with E-state index in [1.807, 2.05) is 0 Å². The number of halogens is 2. The molecule has 0 radical (unpaired) electrons. The molecule has 0 unspecified atom stereocenters. The number of primary amides is 1. The first-order chi connectivity index (χ1) is 10.4. The summed E-state index contributed by atoms with van der Waals surface area (Å²) in [6, 6.07) is 9.54. The summed E-state index contributed by atoms with van der Waals surface area (Å²) in [5, 5.41) is 14.3. The van der Waals surface area contributed by atoms with E-state index < -0.39 is 16.9 Å². The van der Waals surface area contributed by atoms with Crippen molar-refractivity contribution >= 4 is 40.5 Å². The summed E-state index contributed by atoms with van der Waals surface area (Å²) in [5.74, 6) is -0.756. The van der Waals surface area contributed by atoms with Gasteiger partial charge in [0.05, 0.1) is 4.92 Å². The highest BCUT2D eigenvalue weighted by molar-refractivity contribution is 6.36. The number of hydrogen-bond donors (Lipinski definition) is 2. The summed E-state index contributed by atoms with van der Waals surface area (Å²) in [7, 11) is 0. The average molecular weight is 340 g/mol. The van der Waals surface area contributed by atoms with Gasteiger partial charge in [0.15, 0.2) is 0 Å². The lowest BCUT2D eigenvalue weighted by Crippen LogP contribution is -2.28.